The topological polar surface area (TPSA) is 63.6 Å². The molecule has 0 spiro atoms. The molecule has 0 fully saturated rings. The second-order valence-corrected chi connectivity index (χ2v) is 4.32. The van der Waals surface area contributed by atoms with Crippen LogP contribution in [-0.4, -0.2) is 29.1 Å². The maximum atomic E-state index is 12.1. The largest absolute Gasteiger partial charge is 0.464 e. The van der Waals surface area contributed by atoms with E-state index in [2.05, 4.69) is 0 Å². The molecule has 0 amide bonds. The van der Waals surface area contributed by atoms with E-state index in [9.17, 15) is 14.7 Å². The summed E-state index contributed by atoms with van der Waals surface area (Å²) in [6, 6.07) is 8.57. The lowest BCUT2D eigenvalue weighted by molar-refractivity contribution is -0.166. The van der Waals surface area contributed by atoms with Crippen LogP contribution in [0.15, 0.2) is 30.3 Å². The molecule has 0 unspecified atom stereocenters. The Labute approximate surface area is 107 Å². The lowest BCUT2D eigenvalue weighted by atomic mass is 9.84. The Morgan fingerprint density at radius 2 is 1.89 bits per heavy atom. The van der Waals surface area contributed by atoms with Crippen molar-refractivity contribution in [2.75, 3.05) is 6.61 Å². The van der Waals surface area contributed by atoms with Crippen molar-refractivity contribution in [1.82, 2.24) is 0 Å². The summed E-state index contributed by atoms with van der Waals surface area (Å²) in [5.74, 6) is -1.92. The normalized spacial score (nSPS) is 15.6. The first-order valence-corrected chi connectivity index (χ1v) is 5.90. The SMILES string of the molecule is CCOC(=O)[C@](C)(O)[C@@H](C)C(=O)c1ccccc1. The smallest absolute Gasteiger partial charge is 0.338 e. The molecule has 0 bridgehead atoms. The highest BCUT2D eigenvalue weighted by Crippen LogP contribution is 2.23. The van der Waals surface area contributed by atoms with Crippen LogP contribution in [-0.2, 0) is 9.53 Å². The minimum atomic E-state index is -1.82. The highest BCUT2D eigenvalue weighted by molar-refractivity contribution is 6.01. The van der Waals surface area contributed by atoms with Crippen molar-refractivity contribution in [2.24, 2.45) is 5.92 Å². The molecule has 0 aliphatic heterocycles. The summed E-state index contributed by atoms with van der Waals surface area (Å²) in [7, 11) is 0. The van der Waals surface area contributed by atoms with Gasteiger partial charge < -0.3 is 9.84 Å². The minimum Gasteiger partial charge on any atom is -0.464 e. The predicted octanol–water partition coefficient (Wildman–Crippen LogP) is 1.82. The quantitative estimate of drug-likeness (QED) is 0.639. The van der Waals surface area contributed by atoms with Crippen molar-refractivity contribution < 1.29 is 19.4 Å². The van der Waals surface area contributed by atoms with Crippen molar-refractivity contribution in [2.45, 2.75) is 26.4 Å². The van der Waals surface area contributed by atoms with Gasteiger partial charge in [0.05, 0.1) is 12.5 Å². The van der Waals surface area contributed by atoms with Gasteiger partial charge in [-0.05, 0) is 13.8 Å². The lowest BCUT2D eigenvalue weighted by Crippen LogP contribution is -2.46. The summed E-state index contributed by atoms with van der Waals surface area (Å²) in [4.78, 5) is 23.7. The highest BCUT2D eigenvalue weighted by atomic mass is 16.5. The number of esters is 1. The number of hydrogen-bond donors (Lipinski definition) is 1. The zero-order valence-electron chi connectivity index (χ0n) is 10.8. The van der Waals surface area contributed by atoms with Crippen molar-refractivity contribution in [3.63, 3.8) is 0 Å². The van der Waals surface area contributed by atoms with Crippen LogP contribution >= 0.6 is 0 Å². The van der Waals surface area contributed by atoms with E-state index in [1.807, 2.05) is 0 Å². The van der Waals surface area contributed by atoms with Gasteiger partial charge in [-0.1, -0.05) is 37.3 Å². The Kier molecular flexibility index (Phi) is 4.62. The van der Waals surface area contributed by atoms with Crippen LogP contribution < -0.4 is 0 Å². The first-order valence-electron chi connectivity index (χ1n) is 5.90. The predicted molar refractivity (Wildman–Crippen MR) is 67.2 cm³/mol. The summed E-state index contributed by atoms with van der Waals surface area (Å²) in [6.07, 6.45) is 0. The fraction of sp³-hybridized carbons (Fsp3) is 0.429. The number of carbonyl (C=O) groups excluding carboxylic acids is 2. The van der Waals surface area contributed by atoms with Gasteiger partial charge in [0, 0.05) is 5.56 Å². The third kappa shape index (κ3) is 2.96. The summed E-state index contributed by atoms with van der Waals surface area (Å²) in [6.45, 7) is 4.64. The number of ketones is 1. The molecular formula is C14H18O4. The van der Waals surface area contributed by atoms with Crippen LogP contribution in [0.25, 0.3) is 0 Å². The van der Waals surface area contributed by atoms with Crippen molar-refractivity contribution in [1.29, 1.82) is 0 Å². The molecular weight excluding hydrogens is 232 g/mol. The van der Waals surface area contributed by atoms with Crippen molar-refractivity contribution in [3.8, 4) is 0 Å². The van der Waals surface area contributed by atoms with Crippen LogP contribution in [0.2, 0.25) is 0 Å². The monoisotopic (exact) mass is 250 g/mol. The van der Waals surface area contributed by atoms with Crippen LogP contribution in [0.4, 0.5) is 0 Å². The molecule has 0 aliphatic carbocycles. The Hall–Kier alpha value is -1.68. The molecule has 1 rings (SSSR count). The molecule has 0 aromatic heterocycles. The number of carbonyl (C=O) groups is 2. The van der Waals surface area contributed by atoms with Crippen LogP contribution in [0, 0.1) is 5.92 Å². The van der Waals surface area contributed by atoms with Crippen molar-refractivity contribution in [3.05, 3.63) is 35.9 Å². The molecule has 0 saturated heterocycles. The van der Waals surface area contributed by atoms with Crippen LogP contribution in [0.5, 0.6) is 0 Å². The molecule has 0 saturated carbocycles. The maximum Gasteiger partial charge on any atom is 0.338 e. The number of hydrogen-bond acceptors (Lipinski definition) is 4. The average molecular weight is 250 g/mol. The number of benzene rings is 1. The summed E-state index contributed by atoms with van der Waals surface area (Å²) in [5, 5.41) is 10.1. The zero-order valence-corrected chi connectivity index (χ0v) is 10.8. The molecule has 1 N–H and O–H groups in total. The Balaban J connectivity index is 2.90. The van der Waals surface area contributed by atoms with E-state index in [-0.39, 0.29) is 12.4 Å². The second-order valence-electron chi connectivity index (χ2n) is 4.32. The molecule has 18 heavy (non-hydrogen) atoms. The fourth-order valence-electron chi connectivity index (χ4n) is 1.56. The van der Waals surface area contributed by atoms with Gasteiger partial charge in [0.25, 0.3) is 0 Å². The Morgan fingerprint density at radius 3 is 2.39 bits per heavy atom. The van der Waals surface area contributed by atoms with E-state index in [4.69, 9.17) is 4.74 Å². The standard InChI is InChI=1S/C14H18O4/c1-4-18-13(16)14(3,17)10(2)12(15)11-8-6-5-7-9-11/h5-10,17H,4H2,1-3H3/t10-,14+/m0/s1. The number of Topliss-reactive ketones (excluding diaryl/α,β-unsaturated/α-hetero) is 1. The summed E-state index contributed by atoms with van der Waals surface area (Å²) in [5.41, 5.74) is -1.35. The fourth-order valence-corrected chi connectivity index (χ4v) is 1.56. The van der Waals surface area contributed by atoms with E-state index in [1.54, 1.807) is 37.3 Å². The minimum absolute atomic E-state index is 0.168. The van der Waals surface area contributed by atoms with Crippen molar-refractivity contribution >= 4 is 11.8 Å². The third-order valence-electron chi connectivity index (χ3n) is 2.98. The molecule has 0 radical (unpaired) electrons. The molecule has 1 aromatic rings. The molecule has 2 atom stereocenters. The van der Waals surface area contributed by atoms with Gasteiger partial charge in [-0.25, -0.2) is 4.79 Å². The third-order valence-corrected chi connectivity index (χ3v) is 2.98. The number of aliphatic hydroxyl groups is 1. The first-order chi connectivity index (χ1) is 8.41. The van der Waals surface area contributed by atoms with Crippen LogP contribution in [0.1, 0.15) is 31.1 Å². The van der Waals surface area contributed by atoms with Gasteiger partial charge >= 0.3 is 5.97 Å². The summed E-state index contributed by atoms with van der Waals surface area (Å²) < 4.78 is 4.77. The van der Waals surface area contributed by atoms with E-state index < -0.39 is 17.5 Å². The molecule has 4 heteroatoms. The molecule has 1 aromatic carbocycles. The second kappa shape index (κ2) is 5.78. The Bertz CT molecular complexity index is 423. The number of rotatable bonds is 5. The van der Waals surface area contributed by atoms with Gasteiger partial charge in [-0.15, -0.1) is 0 Å². The summed E-state index contributed by atoms with van der Waals surface area (Å²) >= 11 is 0. The van der Waals surface area contributed by atoms with E-state index in [0.717, 1.165) is 0 Å². The molecule has 0 aliphatic rings. The average Bonchev–Trinajstić information content (AvgIpc) is 2.38. The molecule has 98 valence electrons. The van der Waals surface area contributed by atoms with Gasteiger partial charge in [0.2, 0.25) is 0 Å². The van der Waals surface area contributed by atoms with E-state index >= 15 is 0 Å². The maximum absolute atomic E-state index is 12.1. The lowest BCUT2D eigenvalue weighted by Gasteiger charge is -2.26. The van der Waals surface area contributed by atoms with Gasteiger partial charge in [-0.2, -0.15) is 0 Å². The number of ether oxygens (including phenoxy) is 1. The highest BCUT2D eigenvalue weighted by Gasteiger charge is 2.42. The molecule has 0 heterocycles. The van der Waals surface area contributed by atoms with Gasteiger partial charge in [0.1, 0.15) is 0 Å². The first kappa shape index (κ1) is 14.4. The van der Waals surface area contributed by atoms with Gasteiger partial charge in [0.15, 0.2) is 11.4 Å². The zero-order chi connectivity index (χ0) is 13.8. The molecule has 4 nitrogen and oxygen atoms in total. The Morgan fingerprint density at radius 1 is 1.33 bits per heavy atom. The van der Waals surface area contributed by atoms with E-state index in [1.165, 1.54) is 13.8 Å². The van der Waals surface area contributed by atoms with E-state index in [0.29, 0.717) is 5.56 Å². The van der Waals surface area contributed by atoms with Gasteiger partial charge in [-0.3, -0.25) is 4.79 Å². The van der Waals surface area contributed by atoms with Crippen LogP contribution in [0.3, 0.4) is 0 Å².